The summed E-state index contributed by atoms with van der Waals surface area (Å²) in [5.41, 5.74) is 2.67. The summed E-state index contributed by atoms with van der Waals surface area (Å²) in [4.78, 5) is 28.7. The molecule has 3 heterocycles. The molecule has 0 spiro atoms. The van der Waals surface area contributed by atoms with E-state index in [-0.39, 0.29) is 35.9 Å². The lowest BCUT2D eigenvalue weighted by Gasteiger charge is -2.16. The first kappa shape index (κ1) is 17.1. The van der Waals surface area contributed by atoms with Crippen LogP contribution in [0.5, 0.6) is 0 Å². The highest BCUT2D eigenvalue weighted by molar-refractivity contribution is 6.14. The maximum absolute atomic E-state index is 12.2. The fourth-order valence-corrected chi connectivity index (χ4v) is 3.64. The van der Waals surface area contributed by atoms with Crippen LogP contribution < -0.4 is 10.5 Å². The number of nitrogens with zero attached hydrogens (tertiary/aromatic N) is 3. The molecule has 2 aromatic carbocycles. The molecule has 5 rings (SSSR count). The number of imide groups is 1. The van der Waals surface area contributed by atoms with E-state index in [9.17, 15) is 9.59 Å². The third kappa shape index (κ3) is 2.67. The minimum absolute atomic E-state index is 0.0246. The van der Waals surface area contributed by atoms with Gasteiger partial charge in [0.15, 0.2) is 5.49 Å². The highest BCUT2D eigenvalue weighted by atomic mass is 16.3. The van der Waals surface area contributed by atoms with Crippen LogP contribution in [0.2, 0.25) is 0 Å². The number of furan rings is 1. The first-order valence-electron chi connectivity index (χ1n) is 9.21. The van der Waals surface area contributed by atoms with Gasteiger partial charge >= 0.3 is 0 Å². The van der Waals surface area contributed by atoms with Gasteiger partial charge in [-0.25, -0.2) is 9.66 Å². The van der Waals surface area contributed by atoms with Gasteiger partial charge in [0.25, 0.3) is 0 Å². The maximum Gasteiger partial charge on any atom is 0.249 e. The standard InChI is InChI=1S/C22H16N4O3/c23-21-19-18(14-7-3-1-4-8-14)20(15-9-5-2-6-10-15)29-22(19)24-13-25(21)26-16(27)11-12-17(26)28/h1-10,13,23H,11-12H2. The summed E-state index contributed by atoms with van der Waals surface area (Å²) in [7, 11) is 0. The molecule has 0 saturated carbocycles. The van der Waals surface area contributed by atoms with Crippen molar-refractivity contribution in [3.8, 4) is 22.5 Å². The van der Waals surface area contributed by atoms with Crippen molar-refractivity contribution in [3.63, 3.8) is 0 Å². The minimum Gasteiger partial charge on any atom is -0.437 e. The quantitative estimate of drug-likeness (QED) is 0.549. The molecule has 0 aliphatic carbocycles. The van der Waals surface area contributed by atoms with Gasteiger partial charge in [-0.3, -0.25) is 15.0 Å². The minimum atomic E-state index is -0.345. The van der Waals surface area contributed by atoms with E-state index < -0.39 is 0 Å². The van der Waals surface area contributed by atoms with Crippen molar-refractivity contribution in [2.45, 2.75) is 12.8 Å². The molecule has 7 heteroatoms. The van der Waals surface area contributed by atoms with Gasteiger partial charge in [-0.15, -0.1) is 0 Å². The Morgan fingerprint density at radius 2 is 1.45 bits per heavy atom. The summed E-state index contributed by atoms with van der Waals surface area (Å²) in [6, 6.07) is 19.2. The van der Waals surface area contributed by atoms with Crippen molar-refractivity contribution in [2.24, 2.45) is 0 Å². The van der Waals surface area contributed by atoms with Gasteiger partial charge in [0, 0.05) is 24.0 Å². The first-order valence-corrected chi connectivity index (χ1v) is 9.21. The van der Waals surface area contributed by atoms with Crippen LogP contribution >= 0.6 is 0 Å². The second-order valence-corrected chi connectivity index (χ2v) is 6.76. The molecule has 1 aliphatic heterocycles. The third-order valence-electron chi connectivity index (χ3n) is 4.98. The Kier molecular flexibility index (Phi) is 3.87. The lowest BCUT2D eigenvalue weighted by Crippen LogP contribution is -2.45. The number of hydrogen-bond donors (Lipinski definition) is 1. The number of benzene rings is 2. The van der Waals surface area contributed by atoms with Gasteiger partial charge in [0.2, 0.25) is 17.5 Å². The Morgan fingerprint density at radius 3 is 2.07 bits per heavy atom. The lowest BCUT2D eigenvalue weighted by molar-refractivity contribution is -0.123. The molecule has 4 aromatic rings. The molecular formula is C22H16N4O3. The molecule has 1 fully saturated rings. The van der Waals surface area contributed by atoms with Crippen molar-refractivity contribution in [3.05, 3.63) is 72.5 Å². The van der Waals surface area contributed by atoms with Crippen LogP contribution in [0.1, 0.15) is 12.8 Å². The smallest absolute Gasteiger partial charge is 0.249 e. The van der Waals surface area contributed by atoms with Gasteiger partial charge in [-0.1, -0.05) is 60.7 Å². The average molecular weight is 384 g/mol. The molecule has 29 heavy (non-hydrogen) atoms. The summed E-state index contributed by atoms with van der Waals surface area (Å²) < 4.78 is 7.26. The van der Waals surface area contributed by atoms with Crippen LogP contribution in [-0.2, 0) is 9.59 Å². The number of rotatable bonds is 3. The van der Waals surface area contributed by atoms with Crippen molar-refractivity contribution in [1.29, 1.82) is 5.41 Å². The van der Waals surface area contributed by atoms with Gasteiger partial charge < -0.3 is 4.42 Å². The van der Waals surface area contributed by atoms with E-state index in [1.807, 2.05) is 60.7 Å². The van der Waals surface area contributed by atoms with Crippen LogP contribution in [0.3, 0.4) is 0 Å². The van der Waals surface area contributed by atoms with E-state index in [0.29, 0.717) is 16.7 Å². The number of amides is 2. The molecule has 142 valence electrons. The molecule has 0 radical (unpaired) electrons. The summed E-state index contributed by atoms with van der Waals surface area (Å²) in [5, 5.41) is 10.2. The van der Waals surface area contributed by atoms with Gasteiger partial charge in [0.05, 0.1) is 5.39 Å². The van der Waals surface area contributed by atoms with Crippen LogP contribution in [0, 0.1) is 5.41 Å². The lowest BCUT2D eigenvalue weighted by atomic mass is 10.00. The molecule has 2 amide bonds. The van der Waals surface area contributed by atoms with Gasteiger partial charge in [0.1, 0.15) is 12.1 Å². The SMILES string of the molecule is N=c1c2c(-c3ccccc3)c(-c3ccccc3)oc2ncn1N1C(=O)CCC1=O. The van der Waals surface area contributed by atoms with E-state index in [2.05, 4.69) is 4.98 Å². The molecule has 0 unspecified atom stereocenters. The fourth-order valence-electron chi connectivity index (χ4n) is 3.64. The predicted molar refractivity (Wildman–Crippen MR) is 106 cm³/mol. The maximum atomic E-state index is 12.2. The van der Waals surface area contributed by atoms with Crippen LogP contribution in [0.4, 0.5) is 0 Å². The fraction of sp³-hybridized carbons (Fsp3) is 0.0909. The van der Waals surface area contributed by atoms with Crippen molar-refractivity contribution < 1.29 is 14.0 Å². The Bertz CT molecular complexity index is 1290. The zero-order valence-corrected chi connectivity index (χ0v) is 15.3. The monoisotopic (exact) mass is 384 g/mol. The predicted octanol–water partition coefficient (Wildman–Crippen LogP) is 3.23. The third-order valence-corrected chi connectivity index (χ3v) is 4.98. The van der Waals surface area contributed by atoms with Gasteiger partial charge in [-0.2, -0.15) is 5.01 Å². The van der Waals surface area contributed by atoms with Crippen LogP contribution in [0.15, 0.2) is 71.4 Å². The second-order valence-electron chi connectivity index (χ2n) is 6.76. The molecular weight excluding hydrogens is 368 g/mol. The summed E-state index contributed by atoms with van der Waals surface area (Å²) in [5.74, 6) is -0.102. The zero-order valence-electron chi connectivity index (χ0n) is 15.3. The van der Waals surface area contributed by atoms with E-state index in [1.165, 1.54) is 11.0 Å². The van der Waals surface area contributed by atoms with Crippen molar-refractivity contribution in [1.82, 2.24) is 9.66 Å². The van der Waals surface area contributed by atoms with E-state index in [4.69, 9.17) is 9.83 Å². The Balaban J connectivity index is 1.84. The molecule has 0 bridgehead atoms. The van der Waals surface area contributed by atoms with Crippen LogP contribution in [0.25, 0.3) is 33.6 Å². The Hall–Kier alpha value is -4.00. The molecule has 1 saturated heterocycles. The summed E-state index contributed by atoms with van der Waals surface area (Å²) in [6.07, 6.45) is 1.56. The summed E-state index contributed by atoms with van der Waals surface area (Å²) >= 11 is 0. The normalized spacial score (nSPS) is 14.1. The highest BCUT2D eigenvalue weighted by Gasteiger charge is 2.32. The number of hydrogen-bond acceptors (Lipinski definition) is 5. The molecule has 2 aromatic heterocycles. The number of carbonyl (C=O) groups excluding carboxylic acids is 2. The number of nitrogens with one attached hydrogen (secondary N) is 1. The first-order chi connectivity index (χ1) is 14.1. The number of carbonyl (C=O) groups is 2. The summed E-state index contributed by atoms with van der Waals surface area (Å²) in [6.45, 7) is 0. The average Bonchev–Trinajstić information content (AvgIpc) is 3.31. The molecule has 1 N–H and O–H groups in total. The number of fused-ring (bicyclic) bond motifs is 1. The number of aromatic nitrogens is 2. The Labute approximate surface area is 165 Å². The van der Waals surface area contributed by atoms with E-state index >= 15 is 0 Å². The highest BCUT2D eigenvalue weighted by Crippen LogP contribution is 2.38. The van der Waals surface area contributed by atoms with Crippen molar-refractivity contribution >= 4 is 22.9 Å². The Morgan fingerprint density at radius 1 is 0.862 bits per heavy atom. The van der Waals surface area contributed by atoms with E-state index in [1.54, 1.807) is 0 Å². The second kappa shape index (κ2) is 6.56. The van der Waals surface area contributed by atoms with E-state index in [0.717, 1.165) is 16.1 Å². The largest absolute Gasteiger partial charge is 0.437 e. The molecule has 7 nitrogen and oxygen atoms in total. The van der Waals surface area contributed by atoms with Crippen molar-refractivity contribution in [2.75, 3.05) is 5.01 Å². The molecule has 0 atom stereocenters. The molecule has 1 aliphatic rings. The zero-order chi connectivity index (χ0) is 20.0. The van der Waals surface area contributed by atoms with Gasteiger partial charge in [-0.05, 0) is 5.56 Å². The van der Waals surface area contributed by atoms with Crippen LogP contribution in [-0.4, -0.2) is 21.5 Å². The topological polar surface area (TPSA) is 92.2 Å².